The van der Waals surface area contributed by atoms with E-state index in [1.165, 1.54) is 10.3 Å². The molecule has 27 heavy (non-hydrogen) atoms. The Morgan fingerprint density at radius 2 is 2.00 bits per heavy atom. The Morgan fingerprint density at radius 1 is 1.15 bits per heavy atom. The first-order valence-electron chi connectivity index (χ1n) is 9.50. The Morgan fingerprint density at radius 3 is 2.81 bits per heavy atom. The first-order chi connectivity index (χ1) is 13.3. The van der Waals surface area contributed by atoms with Gasteiger partial charge in [-0.05, 0) is 36.5 Å². The Hall–Kier alpha value is -2.15. The van der Waals surface area contributed by atoms with Gasteiger partial charge in [0.15, 0.2) is 0 Å². The molecule has 0 saturated carbocycles. The fourth-order valence-electron chi connectivity index (χ4n) is 3.56. The quantitative estimate of drug-likeness (QED) is 0.638. The van der Waals surface area contributed by atoms with E-state index in [0.29, 0.717) is 13.1 Å². The van der Waals surface area contributed by atoms with E-state index in [0.717, 1.165) is 50.5 Å². The minimum Gasteiger partial charge on any atom is -0.379 e. The van der Waals surface area contributed by atoms with Gasteiger partial charge in [-0.25, -0.2) is 0 Å². The van der Waals surface area contributed by atoms with E-state index in [9.17, 15) is 4.79 Å². The van der Waals surface area contributed by atoms with Crippen molar-refractivity contribution in [3.8, 4) is 10.6 Å². The van der Waals surface area contributed by atoms with Gasteiger partial charge in [0.05, 0.1) is 23.8 Å². The van der Waals surface area contributed by atoms with Crippen LogP contribution in [0.25, 0.3) is 21.5 Å². The van der Waals surface area contributed by atoms with Crippen molar-refractivity contribution in [2.45, 2.75) is 13.0 Å². The molecule has 0 bridgehead atoms. The molecule has 1 aliphatic heterocycles. The summed E-state index contributed by atoms with van der Waals surface area (Å²) < 4.78 is 7.49. The van der Waals surface area contributed by atoms with E-state index in [-0.39, 0.29) is 5.91 Å². The van der Waals surface area contributed by atoms with Gasteiger partial charge < -0.3 is 14.6 Å². The summed E-state index contributed by atoms with van der Waals surface area (Å²) in [6.07, 6.45) is 0.968. The Balaban J connectivity index is 1.39. The molecule has 1 aliphatic rings. The van der Waals surface area contributed by atoms with Crippen molar-refractivity contribution in [3.63, 3.8) is 0 Å². The van der Waals surface area contributed by atoms with Crippen molar-refractivity contribution in [1.82, 2.24) is 14.8 Å². The molecule has 3 heterocycles. The van der Waals surface area contributed by atoms with Crippen LogP contribution in [0.2, 0.25) is 0 Å². The normalized spacial score (nSPS) is 15.3. The number of benzene rings is 1. The highest BCUT2D eigenvalue weighted by Gasteiger charge is 2.14. The summed E-state index contributed by atoms with van der Waals surface area (Å²) in [5.41, 5.74) is 2.21. The number of rotatable bonds is 7. The topological polar surface area (TPSA) is 46.5 Å². The van der Waals surface area contributed by atoms with Crippen LogP contribution < -0.4 is 5.32 Å². The van der Waals surface area contributed by atoms with Crippen LogP contribution in [0.3, 0.4) is 0 Å². The summed E-state index contributed by atoms with van der Waals surface area (Å²) in [6.45, 7) is 5.69. The summed E-state index contributed by atoms with van der Waals surface area (Å²) in [6, 6.07) is 14.6. The molecule has 0 unspecified atom stereocenters. The highest BCUT2D eigenvalue weighted by atomic mass is 32.1. The van der Waals surface area contributed by atoms with Gasteiger partial charge in [-0.15, -0.1) is 11.3 Å². The van der Waals surface area contributed by atoms with E-state index >= 15 is 0 Å². The molecular weight excluding hydrogens is 358 g/mol. The monoisotopic (exact) mass is 383 g/mol. The third-order valence-electron chi connectivity index (χ3n) is 4.96. The number of morpholine rings is 1. The van der Waals surface area contributed by atoms with Crippen LogP contribution in [0.5, 0.6) is 0 Å². The SMILES string of the molecule is O=C(Cn1c(-c2cccs2)cc2ccccc21)NCCCN1CCOCC1. The van der Waals surface area contributed by atoms with E-state index in [2.05, 4.69) is 44.4 Å². The zero-order valence-corrected chi connectivity index (χ0v) is 16.2. The number of nitrogens with one attached hydrogen (secondary N) is 1. The molecular formula is C21H25N3O2S. The maximum Gasteiger partial charge on any atom is 0.239 e. The second-order valence-electron chi connectivity index (χ2n) is 6.81. The van der Waals surface area contributed by atoms with Crippen molar-refractivity contribution in [2.75, 3.05) is 39.4 Å². The number of aromatic nitrogens is 1. The van der Waals surface area contributed by atoms with Gasteiger partial charge in [-0.3, -0.25) is 9.69 Å². The number of hydrogen-bond acceptors (Lipinski definition) is 4. The first-order valence-corrected chi connectivity index (χ1v) is 10.4. The highest BCUT2D eigenvalue weighted by molar-refractivity contribution is 7.13. The van der Waals surface area contributed by atoms with Crippen molar-refractivity contribution < 1.29 is 9.53 Å². The van der Waals surface area contributed by atoms with E-state index < -0.39 is 0 Å². The van der Waals surface area contributed by atoms with Crippen LogP contribution >= 0.6 is 11.3 Å². The summed E-state index contributed by atoms with van der Waals surface area (Å²) in [4.78, 5) is 16.1. The minimum absolute atomic E-state index is 0.0659. The van der Waals surface area contributed by atoms with Crippen LogP contribution in [0.1, 0.15) is 6.42 Å². The van der Waals surface area contributed by atoms with Gasteiger partial charge in [0, 0.05) is 30.5 Å². The third-order valence-corrected chi connectivity index (χ3v) is 5.86. The lowest BCUT2D eigenvalue weighted by Crippen LogP contribution is -2.38. The van der Waals surface area contributed by atoms with Crippen molar-refractivity contribution in [3.05, 3.63) is 47.8 Å². The first kappa shape index (κ1) is 18.2. The lowest BCUT2D eigenvalue weighted by atomic mass is 10.2. The van der Waals surface area contributed by atoms with Crippen molar-refractivity contribution in [2.24, 2.45) is 0 Å². The standard InChI is InChI=1S/C21H25N3O2S/c25-21(22-8-4-9-23-10-12-26-13-11-23)16-24-18-6-2-1-5-17(18)15-19(24)20-7-3-14-27-20/h1-3,5-7,14-15H,4,8-13,16H2,(H,22,25). The predicted molar refractivity (Wildman–Crippen MR) is 110 cm³/mol. The third kappa shape index (κ3) is 4.40. The molecule has 0 atom stereocenters. The van der Waals surface area contributed by atoms with Crippen LogP contribution in [-0.2, 0) is 16.1 Å². The van der Waals surface area contributed by atoms with Crippen LogP contribution in [0.4, 0.5) is 0 Å². The van der Waals surface area contributed by atoms with Crippen LogP contribution in [0.15, 0.2) is 47.8 Å². The Bertz CT molecular complexity index is 882. The molecule has 1 N–H and O–H groups in total. The molecule has 1 aromatic carbocycles. The van der Waals surface area contributed by atoms with E-state index in [1.54, 1.807) is 11.3 Å². The van der Waals surface area contributed by atoms with E-state index in [4.69, 9.17) is 4.74 Å². The number of hydrogen-bond donors (Lipinski definition) is 1. The summed E-state index contributed by atoms with van der Waals surface area (Å²) in [7, 11) is 0. The van der Waals surface area contributed by atoms with Crippen molar-refractivity contribution in [1.29, 1.82) is 0 Å². The number of nitrogens with zero attached hydrogens (tertiary/aromatic N) is 2. The van der Waals surface area contributed by atoms with Gasteiger partial charge in [0.2, 0.25) is 5.91 Å². The Labute approximate surface area is 163 Å². The average Bonchev–Trinajstić information content (AvgIpc) is 3.34. The predicted octanol–water partition coefficient (Wildman–Crippen LogP) is 3.21. The van der Waals surface area contributed by atoms with Gasteiger partial charge in [-0.2, -0.15) is 0 Å². The van der Waals surface area contributed by atoms with Crippen molar-refractivity contribution >= 4 is 28.1 Å². The maximum absolute atomic E-state index is 12.6. The number of para-hydroxylation sites is 1. The number of carbonyl (C=O) groups is 1. The van der Waals surface area contributed by atoms with Gasteiger partial charge >= 0.3 is 0 Å². The zero-order valence-electron chi connectivity index (χ0n) is 15.4. The summed E-state index contributed by atoms with van der Waals surface area (Å²) in [5.74, 6) is 0.0659. The Kier molecular flexibility index (Phi) is 5.87. The second kappa shape index (κ2) is 8.69. The molecule has 1 saturated heterocycles. The second-order valence-corrected chi connectivity index (χ2v) is 7.76. The lowest BCUT2D eigenvalue weighted by Gasteiger charge is -2.26. The summed E-state index contributed by atoms with van der Waals surface area (Å²) in [5, 5.41) is 6.32. The van der Waals surface area contributed by atoms with Gasteiger partial charge in [-0.1, -0.05) is 24.3 Å². The fraction of sp³-hybridized carbons (Fsp3) is 0.381. The molecule has 4 rings (SSSR count). The molecule has 3 aromatic rings. The maximum atomic E-state index is 12.6. The molecule has 1 amide bonds. The number of carbonyl (C=O) groups excluding carboxylic acids is 1. The average molecular weight is 384 g/mol. The number of ether oxygens (including phenoxy) is 1. The fourth-order valence-corrected chi connectivity index (χ4v) is 4.31. The van der Waals surface area contributed by atoms with Crippen LogP contribution in [-0.4, -0.2) is 54.8 Å². The minimum atomic E-state index is 0.0659. The molecule has 2 aromatic heterocycles. The molecule has 6 heteroatoms. The molecule has 142 valence electrons. The van der Waals surface area contributed by atoms with Crippen LogP contribution in [0, 0.1) is 0 Å². The van der Waals surface area contributed by atoms with Gasteiger partial charge in [0.25, 0.3) is 0 Å². The molecule has 0 radical (unpaired) electrons. The number of fused-ring (bicyclic) bond motifs is 1. The molecule has 1 fully saturated rings. The lowest BCUT2D eigenvalue weighted by molar-refractivity contribution is -0.121. The molecule has 5 nitrogen and oxygen atoms in total. The van der Waals surface area contributed by atoms with E-state index in [1.807, 2.05) is 18.2 Å². The number of amides is 1. The number of thiophene rings is 1. The molecule has 0 spiro atoms. The summed E-state index contributed by atoms with van der Waals surface area (Å²) >= 11 is 1.70. The smallest absolute Gasteiger partial charge is 0.239 e. The largest absolute Gasteiger partial charge is 0.379 e. The highest BCUT2D eigenvalue weighted by Crippen LogP contribution is 2.31. The molecule has 0 aliphatic carbocycles. The van der Waals surface area contributed by atoms with Gasteiger partial charge in [0.1, 0.15) is 6.54 Å². The zero-order chi connectivity index (χ0) is 18.5.